The number of benzene rings is 2. The average molecular weight is 485 g/mol. The Morgan fingerprint density at radius 3 is 2.39 bits per heavy atom. The fraction of sp³-hybridized carbons (Fsp3) is 0.250. The minimum atomic E-state index is -3.48. The Labute approximate surface area is 196 Å². The number of carbonyl (C=O) groups is 2. The van der Waals surface area contributed by atoms with Gasteiger partial charge in [-0.2, -0.15) is 0 Å². The van der Waals surface area contributed by atoms with Crippen molar-refractivity contribution in [2.45, 2.75) is 23.0 Å². The number of nitrogens with one attached hydrogen (secondary N) is 1. The van der Waals surface area contributed by atoms with Crippen LogP contribution in [0, 0.1) is 0 Å². The summed E-state index contributed by atoms with van der Waals surface area (Å²) in [6.07, 6.45) is 0.731. The number of piperidine rings is 1. The first-order chi connectivity index (χ1) is 15.9. The van der Waals surface area contributed by atoms with Gasteiger partial charge in [-0.3, -0.25) is 0 Å². The number of sulfone groups is 1. The molecule has 172 valence electrons. The van der Waals surface area contributed by atoms with E-state index in [1.165, 1.54) is 7.11 Å². The molecule has 4 rings (SSSR count). The third kappa shape index (κ3) is 5.09. The second kappa shape index (κ2) is 9.76. The van der Waals surface area contributed by atoms with E-state index in [2.05, 4.69) is 5.32 Å². The Hall–Kier alpha value is -3.17. The summed E-state index contributed by atoms with van der Waals surface area (Å²) in [5, 5.41) is 4.22. The monoisotopic (exact) mass is 484 g/mol. The number of nitrogens with zero attached hydrogens (tertiary/aromatic N) is 1. The number of anilines is 1. The molecule has 1 saturated heterocycles. The maximum absolute atomic E-state index is 13.1. The molecule has 1 aliphatic rings. The van der Waals surface area contributed by atoms with Crippen LogP contribution in [0.5, 0.6) is 0 Å². The van der Waals surface area contributed by atoms with Crippen molar-refractivity contribution in [1.82, 2.24) is 4.90 Å². The number of hydrogen-bond donors (Lipinski definition) is 1. The van der Waals surface area contributed by atoms with Gasteiger partial charge in [0, 0.05) is 23.7 Å². The Kier molecular flexibility index (Phi) is 6.80. The molecule has 9 heteroatoms. The third-order valence-corrected chi connectivity index (χ3v) is 8.89. The van der Waals surface area contributed by atoms with Gasteiger partial charge in [0.1, 0.15) is 0 Å². The van der Waals surface area contributed by atoms with Gasteiger partial charge in [-0.1, -0.05) is 24.3 Å². The van der Waals surface area contributed by atoms with Crippen molar-refractivity contribution < 1.29 is 22.7 Å². The molecule has 3 aromatic rings. The van der Waals surface area contributed by atoms with Crippen molar-refractivity contribution in [1.29, 1.82) is 0 Å². The van der Waals surface area contributed by atoms with E-state index in [1.54, 1.807) is 52.6 Å². The van der Waals surface area contributed by atoms with Gasteiger partial charge in [0.25, 0.3) is 0 Å². The van der Waals surface area contributed by atoms with E-state index >= 15 is 0 Å². The number of carbonyl (C=O) groups excluding carboxylic acids is 2. The predicted octanol–water partition coefficient (Wildman–Crippen LogP) is 4.67. The number of likely N-dealkylation sites (tertiary alicyclic amines) is 1. The van der Waals surface area contributed by atoms with Crippen molar-refractivity contribution in [3.8, 4) is 10.4 Å². The van der Waals surface area contributed by atoms with E-state index in [0.717, 1.165) is 10.4 Å². The topological polar surface area (TPSA) is 92.8 Å². The van der Waals surface area contributed by atoms with Crippen molar-refractivity contribution in [3.63, 3.8) is 0 Å². The second-order valence-electron chi connectivity index (χ2n) is 7.74. The lowest BCUT2D eigenvalue weighted by Crippen LogP contribution is -2.44. The zero-order valence-electron chi connectivity index (χ0n) is 18.1. The van der Waals surface area contributed by atoms with Gasteiger partial charge in [0.2, 0.25) is 0 Å². The average Bonchev–Trinajstić information content (AvgIpc) is 3.39. The van der Waals surface area contributed by atoms with Crippen LogP contribution in [0.1, 0.15) is 23.2 Å². The molecular formula is C24H24N2O5S2. The predicted molar refractivity (Wildman–Crippen MR) is 128 cm³/mol. The van der Waals surface area contributed by atoms with Gasteiger partial charge in [0.05, 0.1) is 22.8 Å². The molecule has 0 bridgehead atoms. The van der Waals surface area contributed by atoms with Crippen LogP contribution >= 0.6 is 11.3 Å². The van der Waals surface area contributed by atoms with Crippen LogP contribution in [0.3, 0.4) is 0 Å². The summed E-state index contributed by atoms with van der Waals surface area (Å²) in [5.74, 6) is -0.486. The molecule has 1 aromatic heterocycles. The van der Waals surface area contributed by atoms with Crippen LogP contribution in [0.2, 0.25) is 0 Å². The van der Waals surface area contributed by atoms with Crippen LogP contribution < -0.4 is 5.32 Å². The van der Waals surface area contributed by atoms with Crippen LogP contribution in [-0.4, -0.2) is 50.8 Å². The van der Waals surface area contributed by atoms with Crippen LogP contribution in [-0.2, 0) is 14.6 Å². The Morgan fingerprint density at radius 2 is 1.76 bits per heavy atom. The van der Waals surface area contributed by atoms with E-state index in [0.29, 0.717) is 42.1 Å². The highest BCUT2D eigenvalue weighted by Crippen LogP contribution is 2.29. The summed E-state index contributed by atoms with van der Waals surface area (Å²) in [5.41, 5.74) is 1.81. The van der Waals surface area contributed by atoms with Gasteiger partial charge < -0.3 is 15.0 Å². The number of esters is 1. The highest BCUT2D eigenvalue weighted by molar-refractivity contribution is 7.92. The summed E-state index contributed by atoms with van der Waals surface area (Å²) in [4.78, 5) is 27.3. The molecule has 0 unspecified atom stereocenters. The number of amides is 2. The molecule has 2 heterocycles. The van der Waals surface area contributed by atoms with Crippen molar-refractivity contribution in [2.24, 2.45) is 0 Å². The quantitative estimate of drug-likeness (QED) is 0.531. The lowest BCUT2D eigenvalue weighted by Gasteiger charge is -2.31. The largest absolute Gasteiger partial charge is 0.465 e. The van der Waals surface area contributed by atoms with Gasteiger partial charge >= 0.3 is 12.0 Å². The summed E-state index contributed by atoms with van der Waals surface area (Å²) < 4.78 is 30.9. The van der Waals surface area contributed by atoms with E-state index in [4.69, 9.17) is 4.74 Å². The second-order valence-corrected chi connectivity index (χ2v) is 10.9. The lowest BCUT2D eigenvalue weighted by atomic mass is 10.1. The number of urea groups is 1. The maximum Gasteiger partial charge on any atom is 0.337 e. The normalized spacial score (nSPS) is 14.6. The zero-order valence-corrected chi connectivity index (χ0v) is 19.7. The molecule has 0 atom stereocenters. The minimum absolute atomic E-state index is 0.310. The first-order valence-electron chi connectivity index (χ1n) is 10.5. The number of thiophene rings is 1. The molecular weight excluding hydrogens is 460 g/mol. The standard InChI is InChI=1S/C24H24N2O5S2/c1-31-23(27)18-4-2-5-19(16-18)25-24(28)26-13-11-21(12-14-26)33(29,30)20-9-7-17(8-10-20)22-6-3-15-32-22/h2-10,15-16,21H,11-14H2,1H3,(H,25,28). The lowest BCUT2D eigenvalue weighted by molar-refractivity contribution is 0.0600. The smallest absolute Gasteiger partial charge is 0.337 e. The molecule has 0 saturated carbocycles. The summed E-state index contributed by atoms with van der Waals surface area (Å²) >= 11 is 1.61. The minimum Gasteiger partial charge on any atom is -0.465 e. The molecule has 7 nitrogen and oxygen atoms in total. The Bertz CT molecular complexity index is 1230. The molecule has 33 heavy (non-hydrogen) atoms. The molecule has 1 fully saturated rings. The molecule has 1 N–H and O–H groups in total. The molecule has 0 spiro atoms. The Morgan fingerprint density at radius 1 is 1.03 bits per heavy atom. The SMILES string of the molecule is COC(=O)c1cccc(NC(=O)N2CCC(S(=O)(=O)c3ccc(-c4cccs4)cc3)CC2)c1. The molecule has 2 aromatic carbocycles. The van der Waals surface area contributed by atoms with Gasteiger partial charge in [-0.15, -0.1) is 11.3 Å². The first kappa shape index (κ1) is 23.0. The summed E-state index contributed by atoms with van der Waals surface area (Å²) in [6, 6.07) is 17.1. The van der Waals surface area contributed by atoms with E-state index in [9.17, 15) is 18.0 Å². The van der Waals surface area contributed by atoms with E-state index in [1.807, 2.05) is 29.6 Å². The number of rotatable bonds is 5. The van der Waals surface area contributed by atoms with E-state index < -0.39 is 21.1 Å². The fourth-order valence-corrected chi connectivity index (χ4v) is 6.32. The third-order valence-electron chi connectivity index (χ3n) is 5.69. The molecule has 0 aliphatic carbocycles. The Balaban J connectivity index is 1.37. The molecule has 2 amide bonds. The van der Waals surface area contributed by atoms with Crippen molar-refractivity contribution in [2.75, 3.05) is 25.5 Å². The molecule has 1 aliphatic heterocycles. The number of methoxy groups -OCH3 is 1. The zero-order chi connectivity index (χ0) is 23.4. The maximum atomic E-state index is 13.1. The van der Waals surface area contributed by atoms with Gasteiger partial charge in [-0.05, 0) is 60.2 Å². The highest BCUT2D eigenvalue weighted by Gasteiger charge is 2.32. The summed E-state index contributed by atoms with van der Waals surface area (Å²) in [7, 11) is -2.18. The van der Waals surface area contributed by atoms with Crippen molar-refractivity contribution >= 4 is 38.9 Å². The van der Waals surface area contributed by atoms with Crippen LogP contribution in [0.15, 0.2) is 70.9 Å². The number of ether oxygens (including phenoxy) is 1. The van der Waals surface area contributed by atoms with E-state index in [-0.39, 0.29) is 6.03 Å². The van der Waals surface area contributed by atoms with Crippen molar-refractivity contribution in [3.05, 3.63) is 71.6 Å². The first-order valence-corrected chi connectivity index (χ1v) is 12.9. The highest BCUT2D eigenvalue weighted by atomic mass is 32.2. The molecule has 0 radical (unpaired) electrons. The number of hydrogen-bond acceptors (Lipinski definition) is 6. The fourth-order valence-electron chi connectivity index (χ4n) is 3.86. The van der Waals surface area contributed by atoms with Crippen LogP contribution in [0.25, 0.3) is 10.4 Å². The summed E-state index contributed by atoms with van der Waals surface area (Å²) in [6.45, 7) is 0.666. The van der Waals surface area contributed by atoms with Crippen LogP contribution in [0.4, 0.5) is 10.5 Å². The van der Waals surface area contributed by atoms with Gasteiger partial charge in [-0.25, -0.2) is 18.0 Å². The van der Waals surface area contributed by atoms with Gasteiger partial charge in [0.15, 0.2) is 9.84 Å².